The molecule has 0 aliphatic carbocycles. The Kier molecular flexibility index (Phi) is 5.46. The third-order valence-corrected chi connectivity index (χ3v) is 3.71. The molecular weight excluding hydrogens is 284 g/mol. The minimum Gasteiger partial charge on any atom is -0.342 e. The van der Waals surface area contributed by atoms with Gasteiger partial charge in [0.1, 0.15) is 6.54 Å². The Labute approximate surface area is 129 Å². The van der Waals surface area contributed by atoms with Crippen LogP contribution in [0.1, 0.15) is 12.5 Å². The normalized spacial score (nSPS) is 14.6. The minimum atomic E-state index is -0.142. The van der Waals surface area contributed by atoms with Crippen LogP contribution in [-0.4, -0.2) is 70.6 Å². The van der Waals surface area contributed by atoms with Crippen molar-refractivity contribution in [2.24, 2.45) is 0 Å². The first-order chi connectivity index (χ1) is 10.6. The van der Waals surface area contributed by atoms with Crippen molar-refractivity contribution in [3.63, 3.8) is 0 Å². The van der Waals surface area contributed by atoms with Gasteiger partial charge in [-0.2, -0.15) is 0 Å². The maximum atomic E-state index is 12.3. The lowest BCUT2D eigenvalue weighted by Crippen LogP contribution is -2.51. The van der Waals surface area contributed by atoms with E-state index in [1.54, 1.807) is 22.2 Å². The lowest BCUT2D eigenvalue weighted by Gasteiger charge is -2.34. The van der Waals surface area contributed by atoms with Crippen molar-refractivity contribution < 1.29 is 14.4 Å². The molecule has 1 saturated heterocycles. The maximum absolute atomic E-state index is 12.3. The largest absolute Gasteiger partial charge is 0.342 e. The molecule has 118 valence electrons. The molecule has 1 aromatic heterocycles. The molecule has 1 aromatic rings. The zero-order valence-electron chi connectivity index (χ0n) is 12.6. The summed E-state index contributed by atoms with van der Waals surface area (Å²) in [5, 5.41) is 0. The summed E-state index contributed by atoms with van der Waals surface area (Å²) in [6.07, 6.45) is 4.12. The lowest BCUT2D eigenvalue weighted by atomic mass is 10.2. The fourth-order valence-corrected chi connectivity index (χ4v) is 2.33. The number of pyridine rings is 1. The van der Waals surface area contributed by atoms with Gasteiger partial charge in [-0.05, 0) is 17.7 Å². The molecule has 0 spiro atoms. The molecule has 7 heteroatoms. The fraction of sp³-hybridized carbons (Fsp3) is 0.467. The first kappa shape index (κ1) is 15.9. The number of amides is 3. The average Bonchev–Trinajstić information content (AvgIpc) is 2.55. The van der Waals surface area contributed by atoms with Crippen molar-refractivity contribution in [2.75, 3.05) is 32.7 Å². The van der Waals surface area contributed by atoms with E-state index < -0.39 is 0 Å². The second kappa shape index (κ2) is 7.53. The smallest absolute Gasteiger partial charge is 0.242 e. The molecule has 0 saturated carbocycles. The van der Waals surface area contributed by atoms with Crippen LogP contribution in [0.15, 0.2) is 24.5 Å². The number of hydrogen-bond acceptors (Lipinski definition) is 4. The number of aromatic nitrogens is 1. The van der Waals surface area contributed by atoms with Crippen LogP contribution >= 0.6 is 0 Å². The van der Waals surface area contributed by atoms with Crippen LogP contribution in [0.2, 0.25) is 0 Å². The summed E-state index contributed by atoms with van der Waals surface area (Å²) in [6.45, 7) is 4.01. The number of carbonyl (C=O) groups excluding carboxylic acids is 3. The summed E-state index contributed by atoms with van der Waals surface area (Å²) >= 11 is 0. The van der Waals surface area contributed by atoms with Crippen LogP contribution in [0.3, 0.4) is 0 Å². The molecule has 0 unspecified atom stereocenters. The standard InChI is InChI=1S/C15H20N4O3/c1-13(21)19(10-14-2-4-16-5-3-14)11-15(22)18-8-6-17(12-20)7-9-18/h2-5,12H,6-11H2,1H3. The Balaban J connectivity index is 1.92. The summed E-state index contributed by atoms with van der Waals surface area (Å²) in [4.78, 5) is 43.5. The van der Waals surface area contributed by atoms with E-state index in [0.29, 0.717) is 32.7 Å². The predicted molar refractivity (Wildman–Crippen MR) is 79.5 cm³/mol. The Morgan fingerprint density at radius 1 is 1.23 bits per heavy atom. The molecule has 1 aliphatic rings. The molecule has 0 N–H and O–H groups in total. The fourth-order valence-electron chi connectivity index (χ4n) is 2.33. The van der Waals surface area contributed by atoms with Gasteiger partial charge < -0.3 is 14.7 Å². The summed E-state index contributed by atoms with van der Waals surface area (Å²) in [5.41, 5.74) is 0.934. The highest BCUT2D eigenvalue weighted by Crippen LogP contribution is 2.06. The number of hydrogen-bond donors (Lipinski definition) is 0. The first-order valence-corrected chi connectivity index (χ1v) is 7.21. The van der Waals surface area contributed by atoms with Crippen LogP contribution in [0.25, 0.3) is 0 Å². The van der Waals surface area contributed by atoms with Crippen molar-refractivity contribution in [1.82, 2.24) is 19.7 Å². The van der Waals surface area contributed by atoms with Gasteiger partial charge in [0.05, 0.1) is 0 Å². The summed E-state index contributed by atoms with van der Waals surface area (Å²) in [5.74, 6) is -0.230. The highest BCUT2D eigenvalue weighted by molar-refractivity contribution is 5.84. The first-order valence-electron chi connectivity index (χ1n) is 7.21. The molecule has 0 bridgehead atoms. The van der Waals surface area contributed by atoms with E-state index >= 15 is 0 Å². The van der Waals surface area contributed by atoms with E-state index in [9.17, 15) is 14.4 Å². The lowest BCUT2D eigenvalue weighted by molar-refractivity contribution is -0.141. The predicted octanol–water partition coefficient (Wildman–Crippen LogP) is -0.269. The molecule has 2 rings (SSSR count). The number of carbonyl (C=O) groups is 3. The zero-order valence-corrected chi connectivity index (χ0v) is 12.6. The second-order valence-corrected chi connectivity index (χ2v) is 5.25. The van der Waals surface area contributed by atoms with E-state index in [4.69, 9.17) is 0 Å². The van der Waals surface area contributed by atoms with Crippen LogP contribution in [0.5, 0.6) is 0 Å². The maximum Gasteiger partial charge on any atom is 0.242 e. The number of nitrogens with zero attached hydrogens (tertiary/aromatic N) is 4. The van der Waals surface area contributed by atoms with E-state index in [0.717, 1.165) is 12.0 Å². The summed E-state index contributed by atoms with van der Waals surface area (Å²) in [7, 11) is 0. The molecule has 22 heavy (non-hydrogen) atoms. The topological polar surface area (TPSA) is 73.8 Å². The molecular formula is C15H20N4O3. The third kappa shape index (κ3) is 4.28. The van der Waals surface area contributed by atoms with Crippen LogP contribution in [-0.2, 0) is 20.9 Å². The van der Waals surface area contributed by atoms with Crippen molar-refractivity contribution in [3.8, 4) is 0 Å². The van der Waals surface area contributed by atoms with E-state index in [-0.39, 0.29) is 18.4 Å². The van der Waals surface area contributed by atoms with Crippen molar-refractivity contribution in [2.45, 2.75) is 13.5 Å². The molecule has 2 heterocycles. The van der Waals surface area contributed by atoms with Gasteiger partial charge in [-0.25, -0.2) is 0 Å². The van der Waals surface area contributed by atoms with Gasteiger partial charge in [0.25, 0.3) is 0 Å². The third-order valence-electron chi connectivity index (χ3n) is 3.71. The van der Waals surface area contributed by atoms with Gasteiger partial charge in [0, 0.05) is 52.0 Å². The van der Waals surface area contributed by atoms with Crippen LogP contribution in [0.4, 0.5) is 0 Å². The van der Waals surface area contributed by atoms with Gasteiger partial charge >= 0.3 is 0 Å². The average molecular weight is 304 g/mol. The highest BCUT2D eigenvalue weighted by Gasteiger charge is 2.23. The molecule has 0 radical (unpaired) electrons. The summed E-state index contributed by atoms with van der Waals surface area (Å²) in [6, 6.07) is 3.65. The molecule has 0 atom stereocenters. The zero-order chi connectivity index (χ0) is 15.9. The minimum absolute atomic E-state index is 0.0543. The van der Waals surface area contributed by atoms with E-state index in [1.807, 2.05) is 12.1 Å². The Bertz CT molecular complexity index is 527. The SMILES string of the molecule is CC(=O)N(CC(=O)N1CCN(C=O)CC1)Cc1ccncc1. The quantitative estimate of drug-likeness (QED) is 0.702. The number of piperazine rings is 1. The van der Waals surface area contributed by atoms with E-state index in [1.165, 1.54) is 11.8 Å². The Hall–Kier alpha value is -2.44. The van der Waals surface area contributed by atoms with Gasteiger partial charge in [-0.3, -0.25) is 19.4 Å². The monoisotopic (exact) mass is 304 g/mol. The Morgan fingerprint density at radius 2 is 1.86 bits per heavy atom. The number of rotatable bonds is 5. The molecule has 3 amide bonds. The van der Waals surface area contributed by atoms with Gasteiger partial charge in [-0.1, -0.05) is 0 Å². The highest BCUT2D eigenvalue weighted by atomic mass is 16.2. The van der Waals surface area contributed by atoms with Crippen LogP contribution in [0, 0.1) is 0 Å². The van der Waals surface area contributed by atoms with Gasteiger partial charge in [0.15, 0.2) is 0 Å². The van der Waals surface area contributed by atoms with Gasteiger partial charge in [-0.15, -0.1) is 0 Å². The van der Waals surface area contributed by atoms with Crippen molar-refractivity contribution in [1.29, 1.82) is 0 Å². The van der Waals surface area contributed by atoms with Crippen molar-refractivity contribution in [3.05, 3.63) is 30.1 Å². The van der Waals surface area contributed by atoms with Gasteiger partial charge in [0.2, 0.25) is 18.2 Å². The molecule has 7 nitrogen and oxygen atoms in total. The summed E-state index contributed by atoms with van der Waals surface area (Å²) < 4.78 is 0. The van der Waals surface area contributed by atoms with E-state index in [2.05, 4.69) is 4.98 Å². The molecule has 1 fully saturated rings. The Morgan fingerprint density at radius 3 is 2.41 bits per heavy atom. The molecule has 1 aliphatic heterocycles. The second-order valence-electron chi connectivity index (χ2n) is 5.25. The van der Waals surface area contributed by atoms with Crippen LogP contribution < -0.4 is 0 Å². The molecule has 0 aromatic carbocycles. The van der Waals surface area contributed by atoms with Crippen molar-refractivity contribution >= 4 is 18.2 Å².